The van der Waals surface area contributed by atoms with Crippen LogP contribution in [0.5, 0.6) is 5.75 Å². The minimum absolute atomic E-state index is 0.0336. The van der Waals surface area contributed by atoms with Crippen molar-refractivity contribution in [3.63, 3.8) is 0 Å². The second kappa shape index (κ2) is 8.06. The van der Waals surface area contributed by atoms with Crippen molar-refractivity contribution in [2.45, 2.75) is 25.3 Å². The van der Waals surface area contributed by atoms with E-state index in [1.54, 1.807) is 18.4 Å². The number of fused-ring (bicyclic) bond motifs is 1. The van der Waals surface area contributed by atoms with Crippen LogP contribution in [-0.4, -0.2) is 31.1 Å². The first kappa shape index (κ1) is 17.9. The molecule has 1 fully saturated rings. The van der Waals surface area contributed by atoms with Crippen molar-refractivity contribution < 1.29 is 14.4 Å². The largest absolute Gasteiger partial charge is 0.497 e. The van der Waals surface area contributed by atoms with Crippen LogP contribution in [-0.2, 0) is 4.79 Å². The molecule has 2 atom stereocenters. The van der Waals surface area contributed by atoms with Crippen molar-refractivity contribution in [2.24, 2.45) is 0 Å². The van der Waals surface area contributed by atoms with Gasteiger partial charge in [-0.2, -0.15) is 0 Å². The number of quaternary nitrogens is 1. The number of likely N-dealkylation sites (tertiary alicyclic amines) is 1. The molecule has 2 aromatic carbocycles. The number of methoxy groups -OCH3 is 1. The van der Waals surface area contributed by atoms with E-state index in [1.807, 2.05) is 30.3 Å². The number of nitrogens with zero attached hydrogens (tertiary/aromatic N) is 1. The second-order valence-electron chi connectivity index (χ2n) is 6.93. The summed E-state index contributed by atoms with van der Waals surface area (Å²) in [4.78, 5) is 18.8. The van der Waals surface area contributed by atoms with Crippen molar-refractivity contribution >= 4 is 33.1 Å². The minimum atomic E-state index is 0.0336. The Morgan fingerprint density at radius 1 is 1.26 bits per heavy atom. The highest BCUT2D eigenvalue weighted by Gasteiger charge is 2.31. The number of amides is 1. The van der Waals surface area contributed by atoms with Crippen LogP contribution in [0.15, 0.2) is 48.5 Å². The number of hydrogen-bond acceptors (Lipinski definition) is 4. The lowest BCUT2D eigenvalue weighted by Gasteiger charge is -2.30. The van der Waals surface area contributed by atoms with Crippen LogP contribution < -0.4 is 15.0 Å². The minimum Gasteiger partial charge on any atom is -0.497 e. The van der Waals surface area contributed by atoms with Gasteiger partial charge in [0.1, 0.15) is 11.8 Å². The van der Waals surface area contributed by atoms with Crippen LogP contribution in [0.2, 0.25) is 0 Å². The number of ether oxygens (including phenoxy) is 1. The molecule has 0 bridgehead atoms. The predicted molar refractivity (Wildman–Crippen MR) is 109 cm³/mol. The van der Waals surface area contributed by atoms with Crippen LogP contribution in [0.4, 0.5) is 5.69 Å². The summed E-state index contributed by atoms with van der Waals surface area (Å²) in [5.74, 6) is 0.775. The highest BCUT2D eigenvalue weighted by Crippen LogP contribution is 2.28. The molecule has 1 aliphatic rings. The molecule has 2 heterocycles. The number of para-hydroxylation sites is 1. The number of anilines is 1. The lowest BCUT2D eigenvalue weighted by Crippen LogP contribution is -3.14. The Balaban J connectivity index is 1.47. The molecule has 1 aliphatic heterocycles. The van der Waals surface area contributed by atoms with Crippen LogP contribution in [0, 0.1) is 0 Å². The maximum Gasteiger partial charge on any atom is 0.279 e. The van der Waals surface area contributed by atoms with E-state index in [1.165, 1.54) is 16.0 Å². The Morgan fingerprint density at radius 3 is 3.00 bits per heavy atom. The summed E-state index contributed by atoms with van der Waals surface area (Å²) < 4.78 is 6.45. The summed E-state index contributed by atoms with van der Waals surface area (Å²) in [6, 6.07) is 16.0. The van der Waals surface area contributed by atoms with Gasteiger partial charge in [-0.3, -0.25) is 4.79 Å². The second-order valence-corrected chi connectivity index (χ2v) is 8.00. The Morgan fingerprint density at radius 2 is 2.15 bits per heavy atom. The Labute approximate surface area is 163 Å². The number of rotatable bonds is 5. The topological polar surface area (TPSA) is 55.7 Å². The zero-order valence-corrected chi connectivity index (χ0v) is 16.2. The molecule has 1 aromatic heterocycles. The average molecular weight is 383 g/mol. The van der Waals surface area contributed by atoms with Gasteiger partial charge in [0.25, 0.3) is 5.91 Å². The summed E-state index contributed by atoms with van der Waals surface area (Å²) in [7, 11) is 1.63. The third kappa shape index (κ3) is 4.12. The number of hydrogen-bond donors (Lipinski definition) is 2. The van der Waals surface area contributed by atoms with E-state index in [9.17, 15) is 4.79 Å². The monoisotopic (exact) mass is 382 g/mol. The first-order valence-corrected chi connectivity index (χ1v) is 10.2. The Hall–Kier alpha value is -2.44. The molecule has 0 spiro atoms. The molecule has 0 aliphatic carbocycles. The van der Waals surface area contributed by atoms with E-state index in [0.717, 1.165) is 41.3 Å². The lowest BCUT2D eigenvalue weighted by atomic mass is 10.0. The van der Waals surface area contributed by atoms with Gasteiger partial charge in [0, 0.05) is 18.2 Å². The number of carbonyl (C=O) groups excluding carboxylic acids is 1. The number of nitrogens with one attached hydrogen (secondary N) is 2. The standard InChI is InChI=1S/C21H23N3O2S/c1-26-16-8-6-7-15(13-16)22-20(25)14-24-12-5-4-10-18(24)21-23-17-9-2-3-11-19(17)27-21/h2-3,6-9,11,13,18H,4-5,10,12,14H2,1H3,(H,22,25)/p+1/t18-/m1/s1. The zero-order valence-electron chi connectivity index (χ0n) is 15.4. The number of aromatic nitrogens is 1. The van der Waals surface area contributed by atoms with E-state index >= 15 is 0 Å². The first-order valence-electron chi connectivity index (χ1n) is 9.37. The third-order valence-corrected chi connectivity index (χ3v) is 6.23. The summed E-state index contributed by atoms with van der Waals surface area (Å²) in [5.41, 5.74) is 1.83. The van der Waals surface area contributed by atoms with Crippen LogP contribution >= 0.6 is 11.3 Å². The molecule has 5 nitrogen and oxygen atoms in total. The average Bonchev–Trinajstić information content (AvgIpc) is 3.12. The maximum absolute atomic E-state index is 12.6. The Kier molecular flexibility index (Phi) is 5.36. The molecule has 0 radical (unpaired) electrons. The van der Waals surface area contributed by atoms with Gasteiger partial charge < -0.3 is 15.0 Å². The lowest BCUT2D eigenvalue weighted by molar-refractivity contribution is -0.929. The highest BCUT2D eigenvalue weighted by atomic mass is 32.1. The van der Waals surface area contributed by atoms with Gasteiger partial charge >= 0.3 is 0 Å². The smallest absolute Gasteiger partial charge is 0.279 e. The summed E-state index contributed by atoms with van der Waals surface area (Å²) in [6.45, 7) is 1.46. The molecule has 6 heteroatoms. The molecular weight excluding hydrogens is 358 g/mol. The van der Waals surface area contributed by atoms with Crippen LogP contribution in [0.1, 0.15) is 30.3 Å². The van der Waals surface area contributed by atoms with Crippen molar-refractivity contribution in [3.05, 3.63) is 53.5 Å². The summed E-state index contributed by atoms with van der Waals surface area (Å²) in [6.07, 6.45) is 3.44. The number of carbonyl (C=O) groups is 1. The Bertz CT molecular complexity index is 907. The molecule has 0 saturated carbocycles. The van der Waals surface area contributed by atoms with Gasteiger partial charge in [-0.1, -0.05) is 18.2 Å². The van der Waals surface area contributed by atoms with Crippen LogP contribution in [0.25, 0.3) is 10.2 Å². The highest BCUT2D eigenvalue weighted by molar-refractivity contribution is 7.18. The SMILES string of the molecule is COc1cccc(NC(=O)C[NH+]2CCCC[C@@H]2c2nc3ccccc3s2)c1. The van der Waals surface area contributed by atoms with E-state index in [0.29, 0.717) is 12.6 Å². The first-order chi connectivity index (χ1) is 13.2. The van der Waals surface area contributed by atoms with Crippen LogP contribution in [0.3, 0.4) is 0 Å². The molecule has 2 N–H and O–H groups in total. The summed E-state index contributed by atoms with van der Waals surface area (Å²) in [5, 5.41) is 4.16. The third-order valence-electron chi connectivity index (χ3n) is 5.08. The zero-order chi connectivity index (χ0) is 18.6. The fourth-order valence-corrected chi connectivity index (χ4v) is 4.90. The molecular formula is C21H24N3O2S+. The van der Waals surface area contributed by atoms with Gasteiger partial charge in [0.05, 0.1) is 23.9 Å². The molecule has 140 valence electrons. The molecule has 4 rings (SSSR count). The fraction of sp³-hybridized carbons (Fsp3) is 0.333. The number of piperidine rings is 1. The van der Waals surface area contributed by atoms with Gasteiger partial charge in [-0.25, -0.2) is 4.98 Å². The number of thiazole rings is 1. The summed E-state index contributed by atoms with van der Waals surface area (Å²) >= 11 is 1.76. The van der Waals surface area contributed by atoms with E-state index in [-0.39, 0.29) is 5.91 Å². The van der Waals surface area contributed by atoms with Crippen molar-refractivity contribution in [2.75, 3.05) is 25.5 Å². The van der Waals surface area contributed by atoms with Gasteiger partial charge in [-0.05, 0) is 37.1 Å². The predicted octanol–water partition coefficient (Wildman–Crippen LogP) is 3.05. The van der Waals surface area contributed by atoms with Crippen molar-refractivity contribution in [1.82, 2.24) is 4.98 Å². The van der Waals surface area contributed by atoms with Gasteiger partial charge in [0.2, 0.25) is 0 Å². The van der Waals surface area contributed by atoms with Crippen molar-refractivity contribution in [1.29, 1.82) is 0 Å². The van der Waals surface area contributed by atoms with E-state index in [4.69, 9.17) is 9.72 Å². The molecule has 27 heavy (non-hydrogen) atoms. The quantitative estimate of drug-likeness (QED) is 0.713. The number of benzene rings is 2. The molecule has 3 aromatic rings. The van der Waals surface area contributed by atoms with Crippen molar-refractivity contribution in [3.8, 4) is 5.75 Å². The molecule has 1 amide bonds. The molecule has 1 saturated heterocycles. The maximum atomic E-state index is 12.6. The van der Waals surface area contributed by atoms with E-state index < -0.39 is 0 Å². The fourth-order valence-electron chi connectivity index (χ4n) is 3.74. The van der Waals surface area contributed by atoms with E-state index in [2.05, 4.69) is 23.5 Å². The van der Waals surface area contributed by atoms with Gasteiger partial charge in [-0.15, -0.1) is 11.3 Å². The normalized spacial score (nSPS) is 19.7. The molecule has 1 unspecified atom stereocenters. The van der Waals surface area contributed by atoms with Gasteiger partial charge in [0.15, 0.2) is 11.6 Å².